The van der Waals surface area contributed by atoms with E-state index in [1.54, 1.807) is 23.7 Å². The summed E-state index contributed by atoms with van der Waals surface area (Å²) in [6.45, 7) is 0. The second-order valence-electron chi connectivity index (χ2n) is 5.74. The molecule has 4 rings (SSSR count). The molecular formula is C18H16N4OS. The number of rotatable bonds is 5. The van der Waals surface area contributed by atoms with Crippen molar-refractivity contribution in [2.75, 3.05) is 10.6 Å². The van der Waals surface area contributed by atoms with Crippen LogP contribution in [-0.4, -0.2) is 15.9 Å². The summed E-state index contributed by atoms with van der Waals surface area (Å²) in [5.74, 6) is 0.336. The van der Waals surface area contributed by atoms with Gasteiger partial charge in [0.1, 0.15) is 0 Å². The van der Waals surface area contributed by atoms with Crippen molar-refractivity contribution in [3.63, 3.8) is 0 Å². The lowest BCUT2D eigenvalue weighted by molar-refractivity contribution is -0.117. The van der Waals surface area contributed by atoms with E-state index in [0.717, 1.165) is 40.6 Å². The second-order valence-corrected chi connectivity index (χ2v) is 6.60. The van der Waals surface area contributed by atoms with Crippen LogP contribution in [0.4, 0.5) is 16.5 Å². The highest BCUT2D eigenvalue weighted by Crippen LogP contribution is 2.31. The minimum Gasteiger partial charge on any atom is -0.332 e. The first-order valence-electron chi connectivity index (χ1n) is 7.82. The smallest absolute Gasteiger partial charge is 0.227 e. The second kappa shape index (κ2) is 6.41. The van der Waals surface area contributed by atoms with Crippen LogP contribution in [0.1, 0.15) is 12.8 Å². The summed E-state index contributed by atoms with van der Waals surface area (Å²) in [7, 11) is 0. The van der Waals surface area contributed by atoms with Crippen molar-refractivity contribution in [3.05, 3.63) is 54.2 Å². The van der Waals surface area contributed by atoms with E-state index in [9.17, 15) is 4.79 Å². The van der Waals surface area contributed by atoms with E-state index in [-0.39, 0.29) is 11.8 Å². The zero-order chi connectivity index (χ0) is 16.4. The summed E-state index contributed by atoms with van der Waals surface area (Å²) in [5, 5.41) is 9.07. The third-order valence-corrected chi connectivity index (χ3v) is 4.59. The van der Waals surface area contributed by atoms with Crippen LogP contribution in [0.15, 0.2) is 54.2 Å². The molecule has 120 valence electrons. The van der Waals surface area contributed by atoms with Crippen molar-refractivity contribution in [2.24, 2.45) is 5.92 Å². The lowest BCUT2D eigenvalue weighted by Gasteiger charge is -2.06. The van der Waals surface area contributed by atoms with Crippen LogP contribution >= 0.6 is 11.3 Å². The summed E-state index contributed by atoms with van der Waals surface area (Å²) < 4.78 is 0. The first-order valence-corrected chi connectivity index (χ1v) is 8.70. The molecule has 0 aliphatic heterocycles. The van der Waals surface area contributed by atoms with Crippen molar-refractivity contribution in [1.29, 1.82) is 0 Å². The van der Waals surface area contributed by atoms with Crippen molar-refractivity contribution in [2.45, 2.75) is 12.8 Å². The fourth-order valence-corrected chi connectivity index (χ4v) is 3.08. The highest BCUT2D eigenvalue weighted by atomic mass is 32.1. The maximum absolute atomic E-state index is 11.7. The maximum Gasteiger partial charge on any atom is 0.227 e. The van der Waals surface area contributed by atoms with Crippen LogP contribution in [0.25, 0.3) is 11.3 Å². The standard InChI is InChI=1S/C18H16N4OS/c23-17(13-1-2-13)20-14-3-5-15(6-4-14)21-18-22-16(11-24-18)12-7-9-19-10-8-12/h3-11,13H,1-2H2,(H,20,23)(H,21,22). The van der Waals surface area contributed by atoms with E-state index in [2.05, 4.69) is 20.6 Å². The number of carbonyl (C=O) groups excluding carboxylic acids is 1. The van der Waals surface area contributed by atoms with Crippen molar-refractivity contribution >= 4 is 33.8 Å². The van der Waals surface area contributed by atoms with Gasteiger partial charge in [-0.15, -0.1) is 11.3 Å². The van der Waals surface area contributed by atoms with E-state index >= 15 is 0 Å². The molecule has 2 heterocycles. The molecule has 0 unspecified atom stereocenters. The van der Waals surface area contributed by atoms with Gasteiger partial charge in [-0.3, -0.25) is 9.78 Å². The van der Waals surface area contributed by atoms with E-state index in [4.69, 9.17) is 0 Å². The van der Waals surface area contributed by atoms with Crippen LogP contribution in [0.2, 0.25) is 0 Å². The van der Waals surface area contributed by atoms with Crippen LogP contribution in [-0.2, 0) is 4.79 Å². The molecule has 0 atom stereocenters. The van der Waals surface area contributed by atoms with Gasteiger partial charge in [-0.25, -0.2) is 4.98 Å². The van der Waals surface area contributed by atoms with Gasteiger partial charge in [0.25, 0.3) is 0 Å². The molecule has 0 saturated heterocycles. The Labute approximate surface area is 143 Å². The molecule has 1 aliphatic rings. The molecule has 0 spiro atoms. The number of benzene rings is 1. The summed E-state index contributed by atoms with van der Waals surface area (Å²) in [6, 6.07) is 11.6. The highest BCUT2D eigenvalue weighted by molar-refractivity contribution is 7.14. The molecule has 1 aromatic carbocycles. The molecule has 6 heteroatoms. The van der Waals surface area contributed by atoms with Crippen LogP contribution in [0.5, 0.6) is 0 Å². The number of aromatic nitrogens is 2. The van der Waals surface area contributed by atoms with Gasteiger partial charge in [0.15, 0.2) is 5.13 Å². The number of amides is 1. The number of nitrogens with one attached hydrogen (secondary N) is 2. The lowest BCUT2D eigenvalue weighted by Crippen LogP contribution is -2.13. The van der Waals surface area contributed by atoms with Crippen LogP contribution in [0, 0.1) is 5.92 Å². The molecule has 0 bridgehead atoms. The van der Waals surface area contributed by atoms with Crippen LogP contribution in [0.3, 0.4) is 0 Å². The van der Waals surface area contributed by atoms with E-state index in [0.29, 0.717) is 0 Å². The summed E-state index contributed by atoms with van der Waals surface area (Å²) in [6.07, 6.45) is 5.54. The summed E-state index contributed by atoms with van der Waals surface area (Å²) in [4.78, 5) is 20.4. The van der Waals surface area contributed by atoms with E-state index in [1.807, 2.05) is 41.8 Å². The van der Waals surface area contributed by atoms with E-state index in [1.165, 1.54) is 0 Å². The average Bonchev–Trinajstić information content (AvgIpc) is 3.37. The van der Waals surface area contributed by atoms with Crippen molar-refractivity contribution < 1.29 is 4.79 Å². The molecule has 1 amide bonds. The molecule has 0 radical (unpaired) electrons. The number of thiazole rings is 1. The molecule has 1 fully saturated rings. The molecule has 3 aromatic rings. The van der Waals surface area contributed by atoms with Gasteiger partial charge in [-0.05, 0) is 49.2 Å². The van der Waals surface area contributed by atoms with Gasteiger partial charge in [-0.2, -0.15) is 0 Å². The lowest BCUT2D eigenvalue weighted by atomic mass is 10.2. The zero-order valence-electron chi connectivity index (χ0n) is 12.9. The predicted molar refractivity (Wildman–Crippen MR) is 96.4 cm³/mol. The van der Waals surface area contributed by atoms with Crippen molar-refractivity contribution in [3.8, 4) is 11.3 Å². The fraction of sp³-hybridized carbons (Fsp3) is 0.167. The zero-order valence-corrected chi connectivity index (χ0v) is 13.7. The fourth-order valence-electron chi connectivity index (χ4n) is 2.34. The van der Waals surface area contributed by atoms with Gasteiger partial charge < -0.3 is 10.6 Å². The third-order valence-electron chi connectivity index (χ3n) is 3.83. The van der Waals surface area contributed by atoms with Crippen molar-refractivity contribution in [1.82, 2.24) is 9.97 Å². The first kappa shape index (κ1) is 14.8. The number of nitrogens with zero attached hydrogens (tertiary/aromatic N) is 2. The molecule has 24 heavy (non-hydrogen) atoms. The quantitative estimate of drug-likeness (QED) is 0.729. The Bertz CT molecular complexity index is 841. The highest BCUT2D eigenvalue weighted by Gasteiger charge is 2.29. The molecule has 2 aromatic heterocycles. The minimum atomic E-state index is 0.123. The third kappa shape index (κ3) is 3.44. The van der Waals surface area contributed by atoms with E-state index < -0.39 is 0 Å². The predicted octanol–water partition coefficient (Wildman–Crippen LogP) is 4.30. The van der Waals surface area contributed by atoms with Gasteiger partial charge >= 0.3 is 0 Å². The Morgan fingerprint density at radius 1 is 1.04 bits per heavy atom. The summed E-state index contributed by atoms with van der Waals surface area (Å²) >= 11 is 1.55. The van der Waals surface area contributed by atoms with Gasteiger partial charge in [0, 0.05) is 40.6 Å². The average molecular weight is 336 g/mol. The van der Waals surface area contributed by atoms with Gasteiger partial charge in [0.2, 0.25) is 5.91 Å². The number of anilines is 3. The number of hydrogen-bond acceptors (Lipinski definition) is 5. The maximum atomic E-state index is 11.7. The number of carbonyl (C=O) groups is 1. The van der Waals surface area contributed by atoms with Gasteiger partial charge in [0.05, 0.1) is 5.69 Å². The largest absolute Gasteiger partial charge is 0.332 e. The molecule has 2 N–H and O–H groups in total. The Morgan fingerprint density at radius 3 is 2.46 bits per heavy atom. The molecule has 1 saturated carbocycles. The SMILES string of the molecule is O=C(Nc1ccc(Nc2nc(-c3ccncc3)cs2)cc1)C1CC1. The molecule has 5 nitrogen and oxygen atoms in total. The van der Waals surface area contributed by atoms with Gasteiger partial charge in [-0.1, -0.05) is 0 Å². The Morgan fingerprint density at radius 2 is 1.75 bits per heavy atom. The minimum absolute atomic E-state index is 0.123. The van der Waals surface area contributed by atoms with Crippen LogP contribution < -0.4 is 10.6 Å². The topological polar surface area (TPSA) is 66.9 Å². The monoisotopic (exact) mass is 336 g/mol. The Balaban J connectivity index is 1.42. The Kier molecular flexibility index (Phi) is 3.96. The molecular weight excluding hydrogens is 320 g/mol. The Hall–Kier alpha value is -2.73. The number of pyridine rings is 1. The summed E-state index contributed by atoms with van der Waals surface area (Å²) in [5.41, 5.74) is 3.75. The number of hydrogen-bond donors (Lipinski definition) is 2. The molecule has 1 aliphatic carbocycles. The normalized spacial score (nSPS) is 13.5. The first-order chi connectivity index (χ1) is 11.8.